The van der Waals surface area contributed by atoms with Crippen LogP contribution >= 0.6 is 0 Å². The molecule has 0 radical (unpaired) electrons. The molecule has 2 rings (SSSR count). The van der Waals surface area contributed by atoms with Gasteiger partial charge in [0.2, 0.25) is 0 Å². The molecule has 138 valence electrons. The van der Waals surface area contributed by atoms with Crippen molar-refractivity contribution in [3.63, 3.8) is 0 Å². The van der Waals surface area contributed by atoms with Gasteiger partial charge in [0.1, 0.15) is 11.5 Å². The van der Waals surface area contributed by atoms with Crippen LogP contribution in [0.25, 0.3) is 0 Å². The zero-order chi connectivity index (χ0) is 18.6. The van der Waals surface area contributed by atoms with Crippen LogP contribution < -0.4 is 20.2 Å². The van der Waals surface area contributed by atoms with Gasteiger partial charge in [-0.2, -0.15) is 5.10 Å². The number of hydrazone groups is 1. The van der Waals surface area contributed by atoms with Gasteiger partial charge in [0.25, 0.3) is 0 Å². The van der Waals surface area contributed by atoms with Crippen molar-refractivity contribution < 1.29 is 14.3 Å². The first-order chi connectivity index (χ1) is 12.7. The topological polar surface area (TPSA) is 72.0 Å². The van der Waals surface area contributed by atoms with Crippen molar-refractivity contribution in [3.05, 3.63) is 54.1 Å². The molecule has 26 heavy (non-hydrogen) atoms. The summed E-state index contributed by atoms with van der Waals surface area (Å²) in [5, 5.41) is 6.64. The van der Waals surface area contributed by atoms with Crippen molar-refractivity contribution in [2.45, 2.75) is 26.7 Å². The first-order valence-electron chi connectivity index (χ1n) is 8.77. The zero-order valence-corrected chi connectivity index (χ0v) is 15.2. The molecule has 0 bridgehead atoms. The molecule has 2 aromatic rings. The van der Waals surface area contributed by atoms with Gasteiger partial charge in [-0.05, 0) is 67.4 Å². The second-order valence-corrected chi connectivity index (χ2v) is 5.55. The summed E-state index contributed by atoms with van der Waals surface area (Å²) in [7, 11) is 0. The molecule has 0 atom stereocenters. The van der Waals surface area contributed by atoms with Crippen molar-refractivity contribution in [1.82, 2.24) is 5.43 Å². The average molecular weight is 355 g/mol. The van der Waals surface area contributed by atoms with E-state index in [1.54, 1.807) is 18.3 Å². The Hall–Kier alpha value is -3.02. The fourth-order valence-corrected chi connectivity index (χ4v) is 2.11. The number of anilines is 1. The van der Waals surface area contributed by atoms with Gasteiger partial charge in [0, 0.05) is 5.69 Å². The third-order valence-electron chi connectivity index (χ3n) is 3.45. The maximum absolute atomic E-state index is 11.9. The second-order valence-electron chi connectivity index (χ2n) is 5.55. The smallest absolute Gasteiger partial charge is 0.339 e. The van der Waals surface area contributed by atoms with E-state index in [2.05, 4.69) is 22.8 Å². The van der Waals surface area contributed by atoms with Crippen molar-refractivity contribution >= 4 is 17.9 Å². The summed E-state index contributed by atoms with van der Waals surface area (Å²) in [6.45, 7) is 5.38. The van der Waals surface area contributed by atoms with Crippen molar-refractivity contribution in [1.29, 1.82) is 0 Å². The number of unbranched alkanes of at least 4 members (excludes halogenated alkanes) is 1. The number of rotatable bonds is 9. The zero-order valence-electron chi connectivity index (χ0n) is 15.2. The second kappa shape index (κ2) is 10.8. The van der Waals surface area contributed by atoms with E-state index in [1.807, 2.05) is 43.3 Å². The quantitative estimate of drug-likeness (QED) is 0.397. The van der Waals surface area contributed by atoms with Gasteiger partial charge < -0.3 is 14.8 Å². The lowest BCUT2D eigenvalue weighted by Gasteiger charge is -2.07. The molecule has 6 heteroatoms. The normalized spacial score (nSPS) is 10.5. The largest absolute Gasteiger partial charge is 0.494 e. The lowest BCUT2D eigenvalue weighted by Crippen LogP contribution is -2.24. The number of urea groups is 1. The van der Waals surface area contributed by atoms with Crippen molar-refractivity contribution in [2.24, 2.45) is 5.10 Å². The number of carbonyl (C=O) groups is 1. The molecule has 2 amide bonds. The molecule has 2 aromatic carbocycles. The van der Waals surface area contributed by atoms with E-state index in [-0.39, 0.29) is 0 Å². The monoisotopic (exact) mass is 355 g/mol. The van der Waals surface area contributed by atoms with Gasteiger partial charge in [-0.15, -0.1) is 0 Å². The predicted molar refractivity (Wildman–Crippen MR) is 104 cm³/mol. The highest BCUT2D eigenvalue weighted by molar-refractivity contribution is 5.90. The molecule has 0 aliphatic carbocycles. The number of hydrogen-bond acceptors (Lipinski definition) is 4. The van der Waals surface area contributed by atoms with Crippen LogP contribution in [0.4, 0.5) is 10.5 Å². The molecule has 2 N–H and O–H groups in total. The molecule has 6 nitrogen and oxygen atoms in total. The van der Waals surface area contributed by atoms with Gasteiger partial charge in [-0.1, -0.05) is 13.3 Å². The third-order valence-corrected chi connectivity index (χ3v) is 3.45. The Morgan fingerprint density at radius 2 is 1.65 bits per heavy atom. The summed E-state index contributed by atoms with van der Waals surface area (Å²) in [4.78, 5) is 11.9. The van der Waals surface area contributed by atoms with Crippen LogP contribution in [-0.2, 0) is 0 Å². The number of amides is 2. The third kappa shape index (κ3) is 6.84. The summed E-state index contributed by atoms with van der Waals surface area (Å²) >= 11 is 0. The van der Waals surface area contributed by atoms with E-state index in [1.165, 1.54) is 0 Å². The van der Waals surface area contributed by atoms with E-state index in [9.17, 15) is 4.79 Å². The fourth-order valence-electron chi connectivity index (χ4n) is 2.11. The van der Waals surface area contributed by atoms with Gasteiger partial charge in [-0.3, -0.25) is 0 Å². The highest BCUT2D eigenvalue weighted by atomic mass is 16.5. The van der Waals surface area contributed by atoms with Crippen LogP contribution in [0.3, 0.4) is 0 Å². The Bertz CT molecular complexity index is 697. The average Bonchev–Trinajstić information content (AvgIpc) is 2.65. The number of hydrogen-bond donors (Lipinski definition) is 2. The molecule has 0 aliphatic heterocycles. The lowest BCUT2D eigenvalue weighted by molar-refractivity contribution is 0.252. The summed E-state index contributed by atoms with van der Waals surface area (Å²) in [5.41, 5.74) is 3.96. The molecule has 0 saturated carbocycles. The Balaban J connectivity index is 1.77. The van der Waals surface area contributed by atoms with Crippen LogP contribution in [0.15, 0.2) is 53.6 Å². The minimum atomic E-state index is -0.410. The summed E-state index contributed by atoms with van der Waals surface area (Å²) < 4.78 is 11.0. The molecule has 0 aromatic heterocycles. The maximum atomic E-state index is 11.9. The first kappa shape index (κ1) is 19.3. The number of nitrogens with one attached hydrogen (secondary N) is 2. The van der Waals surface area contributed by atoms with E-state index in [0.29, 0.717) is 18.9 Å². The first-order valence-corrected chi connectivity index (χ1v) is 8.77. The maximum Gasteiger partial charge on any atom is 0.339 e. The van der Waals surface area contributed by atoms with Crippen LogP contribution in [-0.4, -0.2) is 25.5 Å². The molecule has 0 unspecified atom stereocenters. The van der Waals surface area contributed by atoms with E-state index in [4.69, 9.17) is 9.47 Å². The minimum absolute atomic E-state index is 0.410. The molecule has 0 spiro atoms. The van der Waals surface area contributed by atoms with E-state index >= 15 is 0 Å². The van der Waals surface area contributed by atoms with Crippen LogP contribution in [0.1, 0.15) is 32.3 Å². The summed E-state index contributed by atoms with van der Waals surface area (Å²) in [6, 6.07) is 14.3. The van der Waals surface area contributed by atoms with Crippen molar-refractivity contribution in [3.8, 4) is 11.5 Å². The van der Waals surface area contributed by atoms with Crippen LogP contribution in [0.5, 0.6) is 11.5 Å². The number of ether oxygens (including phenoxy) is 2. The molecule has 0 fully saturated rings. The Morgan fingerprint density at radius 3 is 2.31 bits per heavy atom. The Kier molecular flexibility index (Phi) is 7.99. The van der Waals surface area contributed by atoms with Crippen LogP contribution in [0, 0.1) is 0 Å². The molecular formula is C20H25N3O3. The van der Waals surface area contributed by atoms with Gasteiger partial charge in [0.05, 0.1) is 19.4 Å². The SMILES string of the molecule is CCCCOc1ccc(NC(=O)NN=Cc2ccc(OCC)cc2)cc1. The highest BCUT2D eigenvalue weighted by Gasteiger charge is 2.01. The number of benzene rings is 2. The molecule has 0 saturated heterocycles. The lowest BCUT2D eigenvalue weighted by atomic mass is 10.2. The van der Waals surface area contributed by atoms with Gasteiger partial charge in [0.15, 0.2) is 0 Å². The van der Waals surface area contributed by atoms with E-state index in [0.717, 1.165) is 29.9 Å². The molecule has 0 heterocycles. The Labute approximate surface area is 154 Å². The molecule has 0 aliphatic rings. The fraction of sp³-hybridized carbons (Fsp3) is 0.300. The highest BCUT2D eigenvalue weighted by Crippen LogP contribution is 2.16. The summed E-state index contributed by atoms with van der Waals surface area (Å²) in [6.07, 6.45) is 3.69. The minimum Gasteiger partial charge on any atom is -0.494 e. The van der Waals surface area contributed by atoms with Crippen molar-refractivity contribution in [2.75, 3.05) is 18.5 Å². The molecular weight excluding hydrogens is 330 g/mol. The predicted octanol–water partition coefficient (Wildman–Crippen LogP) is 4.42. The number of carbonyl (C=O) groups excluding carboxylic acids is 1. The summed E-state index contributed by atoms with van der Waals surface area (Å²) in [5.74, 6) is 1.59. The van der Waals surface area contributed by atoms with E-state index < -0.39 is 6.03 Å². The van der Waals surface area contributed by atoms with Gasteiger partial charge in [-0.25, -0.2) is 10.2 Å². The van der Waals surface area contributed by atoms with Crippen LogP contribution in [0.2, 0.25) is 0 Å². The standard InChI is InChI=1S/C20H25N3O3/c1-3-5-14-26-19-12-8-17(9-13-19)22-20(24)23-21-15-16-6-10-18(11-7-16)25-4-2/h6-13,15H,3-5,14H2,1-2H3,(H2,22,23,24). The Morgan fingerprint density at radius 1 is 1.00 bits per heavy atom. The number of nitrogens with zero attached hydrogens (tertiary/aromatic N) is 1. The van der Waals surface area contributed by atoms with Gasteiger partial charge >= 0.3 is 6.03 Å².